The lowest BCUT2D eigenvalue weighted by Gasteiger charge is -2.22. The second-order valence-electron chi connectivity index (χ2n) is 4.84. The third kappa shape index (κ3) is 4.03. The summed E-state index contributed by atoms with van der Waals surface area (Å²) in [4.78, 5) is 0. The minimum atomic E-state index is -4.63. The first-order valence-corrected chi connectivity index (χ1v) is 5.61. The number of aromatic nitrogens is 1. The highest BCUT2D eigenvalue weighted by molar-refractivity contribution is 5.15. The van der Waals surface area contributed by atoms with Crippen LogP contribution in [-0.2, 0) is 11.3 Å². The molecule has 0 radical (unpaired) electrons. The summed E-state index contributed by atoms with van der Waals surface area (Å²) >= 11 is 0. The molecule has 0 aromatic carbocycles. The second-order valence-corrected chi connectivity index (χ2v) is 4.84. The van der Waals surface area contributed by atoms with E-state index in [1.807, 2.05) is 13.8 Å². The van der Waals surface area contributed by atoms with Crippen LogP contribution < -0.4 is 0 Å². The smallest absolute Gasteiger partial charge is 0.379 e. The molecule has 1 aromatic heterocycles. The van der Waals surface area contributed by atoms with Crippen LogP contribution in [0.2, 0.25) is 0 Å². The average Bonchev–Trinajstić information content (AvgIpc) is 2.73. The van der Waals surface area contributed by atoms with Gasteiger partial charge in [-0.25, -0.2) is 0 Å². The zero-order valence-corrected chi connectivity index (χ0v) is 10.7. The highest BCUT2D eigenvalue weighted by atomic mass is 19.4. The number of hydrogen-bond donors (Lipinski definition) is 1. The van der Waals surface area contributed by atoms with Crippen molar-refractivity contribution >= 4 is 0 Å². The number of aliphatic hydroxyl groups excluding tert-OH is 1. The third-order valence-corrected chi connectivity index (χ3v) is 2.92. The SMILES string of the molecule is COC(C)(C)CCn1ccc(C(O)C(F)(F)F)c1. The van der Waals surface area contributed by atoms with Gasteiger partial charge in [-0.15, -0.1) is 0 Å². The standard InChI is InChI=1S/C12H18F3NO2/c1-11(2,18-3)5-7-16-6-4-9(8-16)10(17)12(13,14)15/h4,6,8,10,17H,5,7H2,1-3H3. The number of ether oxygens (including phenoxy) is 1. The maximum absolute atomic E-state index is 12.3. The Morgan fingerprint density at radius 1 is 1.39 bits per heavy atom. The molecule has 0 aliphatic heterocycles. The van der Waals surface area contributed by atoms with Crippen molar-refractivity contribution < 1.29 is 23.0 Å². The molecule has 0 bridgehead atoms. The van der Waals surface area contributed by atoms with Gasteiger partial charge in [0.1, 0.15) is 0 Å². The summed E-state index contributed by atoms with van der Waals surface area (Å²) in [5.41, 5.74) is -0.467. The van der Waals surface area contributed by atoms with E-state index in [4.69, 9.17) is 9.84 Å². The molecule has 1 aromatic rings. The van der Waals surface area contributed by atoms with Crippen molar-refractivity contribution in [3.05, 3.63) is 24.0 Å². The summed E-state index contributed by atoms with van der Waals surface area (Å²) in [5.74, 6) is 0. The monoisotopic (exact) mass is 265 g/mol. The summed E-state index contributed by atoms with van der Waals surface area (Å²) < 4.78 is 43.7. The molecule has 1 atom stereocenters. The fraction of sp³-hybridized carbons (Fsp3) is 0.667. The van der Waals surface area contributed by atoms with Gasteiger partial charge in [-0.3, -0.25) is 0 Å². The predicted molar refractivity (Wildman–Crippen MR) is 61.2 cm³/mol. The van der Waals surface area contributed by atoms with Gasteiger partial charge in [-0.2, -0.15) is 13.2 Å². The van der Waals surface area contributed by atoms with E-state index < -0.39 is 12.3 Å². The topological polar surface area (TPSA) is 34.4 Å². The molecule has 3 nitrogen and oxygen atoms in total. The number of hydrogen-bond acceptors (Lipinski definition) is 2. The van der Waals surface area contributed by atoms with Gasteiger partial charge in [0.05, 0.1) is 5.60 Å². The number of halogens is 3. The van der Waals surface area contributed by atoms with Crippen molar-refractivity contribution in [3.63, 3.8) is 0 Å². The van der Waals surface area contributed by atoms with E-state index in [0.29, 0.717) is 13.0 Å². The normalized spacial score (nSPS) is 14.8. The van der Waals surface area contributed by atoms with E-state index in [1.54, 1.807) is 11.7 Å². The lowest BCUT2D eigenvalue weighted by molar-refractivity contribution is -0.206. The van der Waals surface area contributed by atoms with Crippen molar-refractivity contribution in [3.8, 4) is 0 Å². The number of alkyl halides is 3. The lowest BCUT2D eigenvalue weighted by Crippen LogP contribution is -2.24. The Balaban J connectivity index is 2.65. The Bertz CT molecular complexity index is 385. The molecule has 18 heavy (non-hydrogen) atoms. The number of methoxy groups -OCH3 is 1. The highest BCUT2D eigenvalue weighted by Gasteiger charge is 2.39. The summed E-state index contributed by atoms with van der Waals surface area (Å²) in [6, 6.07) is 1.28. The van der Waals surface area contributed by atoms with Crippen LogP contribution in [0, 0.1) is 0 Å². The van der Waals surface area contributed by atoms with Crippen LogP contribution in [0.1, 0.15) is 31.9 Å². The minimum absolute atomic E-state index is 0.141. The van der Waals surface area contributed by atoms with E-state index >= 15 is 0 Å². The van der Waals surface area contributed by atoms with E-state index in [9.17, 15) is 13.2 Å². The molecule has 0 saturated carbocycles. The maximum Gasteiger partial charge on any atom is 0.418 e. The fourth-order valence-corrected chi connectivity index (χ4v) is 1.45. The van der Waals surface area contributed by atoms with Crippen molar-refractivity contribution in [2.24, 2.45) is 0 Å². The predicted octanol–water partition coefficient (Wildman–Crippen LogP) is 2.90. The summed E-state index contributed by atoms with van der Waals surface area (Å²) in [6.45, 7) is 4.34. The molecule has 1 heterocycles. The van der Waals surface area contributed by atoms with Crippen LogP contribution in [0.25, 0.3) is 0 Å². The third-order valence-electron chi connectivity index (χ3n) is 2.92. The van der Waals surface area contributed by atoms with Crippen LogP contribution >= 0.6 is 0 Å². The van der Waals surface area contributed by atoms with Gasteiger partial charge in [0.25, 0.3) is 0 Å². The van der Waals surface area contributed by atoms with Gasteiger partial charge in [0.2, 0.25) is 0 Å². The molecule has 104 valence electrons. The number of aryl methyl sites for hydroxylation is 1. The van der Waals surface area contributed by atoms with Crippen LogP contribution in [0.3, 0.4) is 0 Å². The number of nitrogens with zero attached hydrogens (tertiary/aromatic N) is 1. The molecule has 1 unspecified atom stereocenters. The quantitative estimate of drug-likeness (QED) is 0.888. The number of rotatable bonds is 5. The largest absolute Gasteiger partial charge is 0.418 e. The molecule has 1 rings (SSSR count). The maximum atomic E-state index is 12.3. The van der Waals surface area contributed by atoms with E-state index in [-0.39, 0.29) is 11.2 Å². The van der Waals surface area contributed by atoms with Gasteiger partial charge in [-0.1, -0.05) is 0 Å². The van der Waals surface area contributed by atoms with E-state index in [1.165, 1.54) is 18.5 Å². The lowest BCUT2D eigenvalue weighted by atomic mass is 10.1. The Labute approximate surface area is 104 Å². The Hall–Kier alpha value is -1.01. The van der Waals surface area contributed by atoms with Crippen LogP contribution in [0.4, 0.5) is 13.2 Å². The van der Waals surface area contributed by atoms with Crippen molar-refractivity contribution in [1.29, 1.82) is 0 Å². The molecular formula is C12H18F3NO2. The molecule has 1 N–H and O–H groups in total. The summed E-state index contributed by atoms with van der Waals surface area (Å²) in [5, 5.41) is 9.08. The highest BCUT2D eigenvalue weighted by Crippen LogP contribution is 2.32. The Morgan fingerprint density at radius 3 is 2.50 bits per heavy atom. The second kappa shape index (κ2) is 5.32. The van der Waals surface area contributed by atoms with Crippen LogP contribution in [0.5, 0.6) is 0 Å². The van der Waals surface area contributed by atoms with Crippen molar-refractivity contribution in [1.82, 2.24) is 4.57 Å². The Morgan fingerprint density at radius 2 is 2.00 bits per heavy atom. The molecule has 0 aliphatic carbocycles. The zero-order chi connectivity index (χ0) is 14.0. The molecule has 0 fully saturated rings. The molecular weight excluding hydrogens is 247 g/mol. The first-order chi connectivity index (χ1) is 8.15. The molecule has 6 heteroatoms. The first-order valence-electron chi connectivity index (χ1n) is 5.61. The van der Waals surface area contributed by atoms with Crippen LogP contribution in [0.15, 0.2) is 18.5 Å². The molecule has 0 aliphatic rings. The first kappa shape index (κ1) is 15.0. The summed E-state index contributed by atoms with van der Waals surface area (Å²) in [7, 11) is 1.59. The minimum Gasteiger partial charge on any atom is -0.379 e. The van der Waals surface area contributed by atoms with Gasteiger partial charge in [0, 0.05) is 31.6 Å². The van der Waals surface area contributed by atoms with E-state index in [0.717, 1.165) is 0 Å². The number of aliphatic hydroxyl groups is 1. The zero-order valence-electron chi connectivity index (χ0n) is 10.7. The summed E-state index contributed by atoms with van der Waals surface area (Å²) in [6.07, 6.45) is -3.55. The average molecular weight is 265 g/mol. The van der Waals surface area contributed by atoms with Crippen molar-refractivity contribution in [2.75, 3.05) is 7.11 Å². The van der Waals surface area contributed by atoms with Crippen LogP contribution in [-0.4, -0.2) is 28.6 Å². The molecule has 0 spiro atoms. The van der Waals surface area contributed by atoms with Gasteiger partial charge < -0.3 is 14.4 Å². The van der Waals surface area contributed by atoms with Crippen molar-refractivity contribution in [2.45, 2.75) is 44.7 Å². The van der Waals surface area contributed by atoms with Gasteiger partial charge in [0.15, 0.2) is 6.10 Å². The van der Waals surface area contributed by atoms with Gasteiger partial charge >= 0.3 is 6.18 Å². The van der Waals surface area contributed by atoms with E-state index in [2.05, 4.69) is 0 Å². The van der Waals surface area contributed by atoms with Gasteiger partial charge in [-0.05, 0) is 26.3 Å². The fourth-order valence-electron chi connectivity index (χ4n) is 1.45. The molecule has 0 amide bonds. The Kier molecular flexibility index (Phi) is 4.45. The molecule has 0 saturated heterocycles.